The Bertz CT molecular complexity index is 532. The molecule has 6 heteroatoms. The topological polar surface area (TPSA) is 64.6 Å². The molecule has 2 rings (SSSR count). The first-order valence-corrected chi connectivity index (χ1v) is 8.64. The fraction of sp³-hybridized carbons (Fsp3) is 0.571. The van der Waals surface area contributed by atoms with Crippen molar-refractivity contribution in [3.05, 3.63) is 23.8 Å². The highest BCUT2D eigenvalue weighted by atomic mass is 32.2. The highest BCUT2D eigenvalue weighted by molar-refractivity contribution is 7.91. The van der Waals surface area contributed by atoms with Crippen molar-refractivity contribution in [1.29, 1.82) is 0 Å². The second kappa shape index (κ2) is 6.45. The summed E-state index contributed by atoms with van der Waals surface area (Å²) < 4.78 is 34.6. The van der Waals surface area contributed by atoms with Crippen LogP contribution in [0.25, 0.3) is 0 Å². The van der Waals surface area contributed by atoms with Gasteiger partial charge >= 0.3 is 0 Å². The van der Waals surface area contributed by atoms with E-state index < -0.39 is 9.84 Å². The van der Waals surface area contributed by atoms with Crippen molar-refractivity contribution in [2.45, 2.75) is 26.0 Å². The predicted octanol–water partition coefficient (Wildman–Crippen LogP) is 1.37. The van der Waals surface area contributed by atoms with E-state index in [0.717, 1.165) is 5.56 Å². The molecule has 0 aromatic heterocycles. The minimum Gasteiger partial charge on any atom is -0.490 e. The van der Waals surface area contributed by atoms with Gasteiger partial charge < -0.3 is 14.8 Å². The Balaban J connectivity index is 2.23. The second-order valence-corrected chi connectivity index (χ2v) is 7.08. The van der Waals surface area contributed by atoms with E-state index >= 15 is 0 Å². The van der Waals surface area contributed by atoms with Crippen LogP contribution in [0.5, 0.6) is 11.5 Å². The Morgan fingerprint density at radius 2 is 2.20 bits per heavy atom. The molecule has 1 aromatic rings. The van der Waals surface area contributed by atoms with Gasteiger partial charge in [0, 0.05) is 12.1 Å². The minimum absolute atomic E-state index is 0.0897. The molecule has 1 N–H and O–H groups in total. The first kappa shape index (κ1) is 15.1. The highest BCUT2D eigenvalue weighted by Crippen LogP contribution is 2.33. The maximum atomic E-state index is 11.5. The molecular formula is C14H21NO4S. The van der Waals surface area contributed by atoms with Crippen LogP contribution in [-0.4, -0.2) is 39.7 Å². The molecule has 5 nitrogen and oxygen atoms in total. The minimum atomic E-state index is -2.95. The lowest BCUT2D eigenvalue weighted by atomic mass is 10.1. The van der Waals surface area contributed by atoms with Gasteiger partial charge in [-0.1, -0.05) is 12.1 Å². The molecule has 0 spiro atoms. The van der Waals surface area contributed by atoms with Crippen molar-refractivity contribution >= 4 is 9.84 Å². The van der Waals surface area contributed by atoms with Crippen molar-refractivity contribution in [1.82, 2.24) is 5.32 Å². The van der Waals surface area contributed by atoms with Gasteiger partial charge in [-0.3, -0.25) is 0 Å². The van der Waals surface area contributed by atoms with Gasteiger partial charge in [0.25, 0.3) is 0 Å². The molecular weight excluding hydrogens is 278 g/mol. The summed E-state index contributed by atoms with van der Waals surface area (Å²) in [7, 11) is -1.09. The maximum absolute atomic E-state index is 11.5. The molecule has 0 saturated carbocycles. The third-order valence-electron chi connectivity index (χ3n) is 3.20. The number of nitrogens with one attached hydrogen (secondary N) is 1. The molecule has 1 atom stereocenters. The molecule has 0 amide bonds. The Hall–Kier alpha value is -1.27. The molecule has 20 heavy (non-hydrogen) atoms. The van der Waals surface area contributed by atoms with Crippen LogP contribution in [0.1, 0.15) is 18.9 Å². The maximum Gasteiger partial charge on any atom is 0.166 e. The summed E-state index contributed by atoms with van der Waals surface area (Å²) in [4.78, 5) is 0. The van der Waals surface area contributed by atoms with Gasteiger partial charge in [0.05, 0.1) is 18.1 Å². The van der Waals surface area contributed by atoms with Crippen molar-refractivity contribution < 1.29 is 17.9 Å². The van der Waals surface area contributed by atoms with Gasteiger partial charge in [-0.2, -0.15) is 0 Å². The fourth-order valence-electron chi connectivity index (χ4n) is 2.31. The third-order valence-corrected chi connectivity index (χ3v) is 4.94. The molecule has 1 heterocycles. The zero-order chi connectivity index (χ0) is 14.6. The first-order chi connectivity index (χ1) is 9.55. The van der Waals surface area contributed by atoms with Gasteiger partial charge in [-0.25, -0.2) is 8.42 Å². The Morgan fingerprint density at radius 1 is 1.40 bits per heavy atom. The van der Waals surface area contributed by atoms with Crippen LogP contribution in [0.2, 0.25) is 0 Å². The zero-order valence-corrected chi connectivity index (χ0v) is 12.7. The standard InChI is InChI=1S/C14H21NO4S/c1-3-18-13-6-4-5-11(9-15-2)14(13)19-12-7-8-20(16,17)10-12/h4-6,12,15H,3,7-10H2,1-2H3. The Morgan fingerprint density at radius 3 is 2.80 bits per heavy atom. The molecule has 1 aromatic carbocycles. The molecule has 1 aliphatic rings. The van der Waals surface area contributed by atoms with E-state index in [-0.39, 0.29) is 17.6 Å². The number of ether oxygens (including phenoxy) is 2. The molecule has 1 fully saturated rings. The van der Waals surface area contributed by atoms with Crippen LogP contribution in [0.4, 0.5) is 0 Å². The molecule has 112 valence electrons. The molecule has 0 bridgehead atoms. The van der Waals surface area contributed by atoms with Crippen LogP contribution in [0.15, 0.2) is 18.2 Å². The lowest BCUT2D eigenvalue weighted by molar-refractivity contribution is 0.210. The molecule has 0 radical (unpaired) electrons. The molecule has 0 aliphatic carbocycles. The van der Waals surface area contributed by atoms with Crippen LogP contribution in [0.3, 0.4) is 0 Å². The van der Waals surface area contributed by atoms with E-state index in [2.05, 4.69) is 5.32 Å². The van der Waals surface area contributed by atoms with Gasteiger partial charge in [-0.05, 0) is 26.5 Å². The van der Waals surface area contributed by atoms with E-state index in [0.29, 0.717) is 31.1 Å². The average molecular weight is 299 g/mol. The van der Waals surface area contributed by atoms with Crippen molar-refractivity contribution in [2.75, 3.05) is 25.2 Å². The quantitative estimate of drug-likeness (QED) is 0.859. The molecule has 1 unspecified atom stereocenters. The average Bonchev–Trinajstić information content (AvgIpc) is 2.73. The summed E-state index contributed by atoms with van der Waals surface area (Å²) in [5.74, 6) is 1.62. The Kier molecular flexibility index (Phi) is 4.88. The van der Waals surface area contributed by atoms with E-state index in [1.165, 1.54) is 0 Å². The Labute approximate surface area is 120 Å². The van der Waals surface area contributed by atoms with Crippen molar-refractivity contribution in [2.24, 2.45) is 0 Å². The number of hydrogen-bond donors (Lipinski definition) is 1. The highest BCUT2D eigenvalue weighted by Gasteiger charge is 2.30. The van der Waals surface area contributed by atoms with E-state index in [4.69, 9.17) is 9.47 Å². The number of rotatable bonds is 6. The van der Waals surface area contributed by atoms with Crippen molar-refractivity contribution in [3.63, 3.8) is 0 Å². The van der Waals surface area contributed by atoms with E-state index in [1.807, 2.05) is 32.2 Å². The third kappa shape index (κ3) is 3.64. The van der Waals surface area contributed by atoms with E-state index in [9.17, 15) is 8.42 Å². The van der Waals surface area contributed by atoms with E-state index in [1.54, 1.807) is 0 Å². The second-order valence-electron chi connectivity index (χ2n) is 4.85. The lowest BCUT2D eigenvalue weighted by Crippen LogP contribution is -2.20. The van der Waals surface area contributed by atoms with Crippen LogP contribution in [0, 0.1) is 0 Å². The van der Waals surface area contributed by atoms with Gasteiger partial charge in [0.15, 0.2) is 21.3 Å². The summed E-state index contributed by atoms with van der Waals surface area (Å²) in [6, 6.07) is 5.72. The van der Waals surface area contributed by atoms with Crippen molar-refractivity contribution in [3.8, 4) is 11.5 Å². The largest absolute Gasteiger partial charge is 0.490 e. The summed E-state index contributed by atoms with van der Waals surface area (Å²) in [5.41, 5.74) is 0.975. The summed E-state index contributed by atoms with van der Waals surface area (Å²) in [6.45, 7) is 3.10. The number of benzene rings is 1. The van der Waals surface area contributed by atoms with Crippen LogP contribution in [-0.2, 0) is 16.4 Å². The van der Waals surface area contributed by atoms with Gasteiger partial charge in [0.2, 0.25) is 0 Å². The predicted molar refractivity (Wildman–Crippen MR) is 78.1 cm³/mol. The first-order valence-electron chi connectivity index (χ1n) is 6.82. The fourth-order valence-corrected chi connectivity index (χ4v) is 3.90. The van der Waals surface area contributed by atoms with Crippen LogP contribution >= 0.6 is 0 Å². The SMILES string of the molecule is CCOc1cccc(CNC)c1OC1CCS(=O)(=O)C1. The number of hydrogen-bond acceptors (Lipinski definition) is 5. The smallest absolute Gasteiger partial charge is 0.166 e. The molecule has 1 saturated heterocycles. The van der Waals surface area contributed by atoms with Gasteiger partial charge in [-0.15, -0.1) is 0 Å². The lowest BCUT2D eigenvalue weighted by Gasteiger charge is -2.19. The summed E-state index contributed by atoms with van der Waals surface area (Å²) >= 11 is 0. The molecule has 1 aliphatic heterocycles. The zero-order valence-electron chi connectivity index (χ0n) is 11.9. The monoisotopic (exact) mass is 299 g/mol. The normalized spacial score (nSPS) is 20.8. The number of para-hydroxylation sites is 1. The number of sulfone groups is 1. The van der Waals surface area contributed by atoms with Crippen LogP contribution < -0.4 is 14.8 Å². The van der Waals surface area contributed by atoms with Gasteiger partial charge in [0.1, 0.15) is 6.10 Å². The summed E-state index contributed by atoms with van der Waals surface area (Å²) in [6.07, 6.45) is 0.263. The summed E-state index contributed by atoms with van der Waals surface area (Å²) in [5, 5.41) is 3.08.